The van der Waals surface area contributed by atoms with Crippen LogP contribution < -0.4 is 5.32 Å². The highest BCUT2D eigenvalue weighted by Gasteiger charge is 2.32. The minimum Gasteiger partial charge on any atom is -0.373 e. The number of pyridine rings is 1. The summed E-state index contributed by atoms with van der Waals surface area (Å²) in [5.41, 5.74) is 1.74. The van der Waals surface area contributed by atoms with E-state index in [1.807, 2.05) is 37.4 Å². The van der Waals surface area contributed by atoms with Crippen LogP contribution in [0.5, 0.6) is 0 Å². The number of carbonyl (C=O) groups is 1. The number of aromatic nitrogens is 2. The molecule has 0 spiro atoms. The normalized spacial score (nSPS) is 19.8. The molecule has 2 aromatic heterocycles. The first-order chi connectivity index (χ1) is 14.8. The van der Waals surface area contributed by atoms with Gasteiger partial charge in [-0.25, -0.2) is 13.4 Å². The van der Waals surface area contributed by atoms with E-state index >= 15 is 0 Å². The maximum Gasteiger partial charge on any atom is 0.257 e. The van der Waals surface area contributed by atoms with Crippen LogP contribution in [-0.4, -0.2) is 53.9 Å². The number of rotatable bonds is 5. The van der Waals surface area contributed by atoms with Crippen LogP contribution in [0.1, 0.15) is 24.2 Å². The molecule has 2 atom stereocenters. The van der Waals surface area contributed by atoms with Crippen molar-refractivity contribution < 1.29 is 17.9 Å². The largest absolute Gasteiger partial charge is 0.373 e. The molecule has 2 unspecified atom stereocenters. The van der Waals surface area contributed by atoms with Gasteiger partial charge in [-0.15, -0.1) is 11.3 Å². The zero-order valence-corrected chi connectivity index (χ0v) is 18.7. The molecule has 31 heavy (non-hydrogen) atoms. The van der Waals surface area contributed by atoms with E-state index in [-0.39, 0.29) is 23.0 Å². The second-order valence-electron chi connectivity index (χ2n) is 7.31. The zero-order valence-electron chi connectivity index (χ0n) is 17.1. The minimum absolute atomic E-state index is 0.150. The number of benzene rings is 1. The van der Waals surface area contributed by atoms with Crippen molar-refractivity contribution in [1.82, 2.24) is 14.3 Å². The molecule has 162 valence electrons. The third-order valence-corrected chi connectivity index (χ3v) is 7.40. The number of morpholine rings is 1. The Bertz CT molecular complexity index is 1150. The maximum atomic E-state index is 12.9. The Balaban J connectivity index is 1.45. The number of ether oxygens (including phenoxy) is 1. The van der Waals surface area contributed by atoms with Crippen LogP contribution in [0.4, 0.5) is 5.13 Å². The Morgan fingerprint density at radius 3 is 2.45 bits per heavy atom. The average Bonchev–Trinajstić information content (AvgIpc) is 3.22. The molecule has 1 aliphatic rings. The van der Waals surface area contributed by atoms with E-state index in [2.05, 4.69) is 15.3 Å². The number of anilines is 1. The number of thiazole rings is 1. The SMILES string of the molecule is CC1CN(S(=O)(=O)c2ccc(C(=O)Nc3nc(-c4ccccn4)cs3)cc2)CC(C)O1. The van der Waals surface area contributed by atoms with E-state index in [0.29, 0.717) is 29.5 Å². The molecule has 3 heterocycles. The molecule has 0 aliphatic carbocycles. The van der Waals surface area contributed by atoms with Crippen LogP contribution >= 0.6 is 11.3 Å². The smallest absolute Gasteiger partial charge is 0.257 e. The summed E-state index contributed by atoms with van der Waals surface area (Å²) < 4.78 is 32.9. The summed E-state index contributed by atoms with van der Waals surface area (Å²) in [5.74, 6) is -0.362. The fourth-order valence-electron chi connectivity index (χ4n) is 3.39. The summed E-state index contributed by atoms with van der Waals surface area (Å²) in [5, 5.41) is 5.01. The number of amides is 1. The Labute approximate surface area is 185 Å². The molecular weight excluding hydrogens is 436 g/mol. The summed E-state index contributed by atoms with van der Waals surface area (Å²) in [6, 6.07) is 11.4. The molecule has 0 radical (unpaired) electrons. The molecule has 0 bridgehead atoms. The number of nitrogens with one attached hydrogen (secondary N) is 1. The highest BCUT2D eigenvalue weighted by Crippen LogP contribution is 2.24. The van der Waals surface area contributed by atoms with Crippen molar-refractivity contribution in [2.45, 2.75) is 31.0 Å². The third-order valence-electron chi connectivity index (χ3n) is 4.79. The molecule has 8 nitrogen and oxygen atoms in total. The van der Waals surface area contributed by atoms with Gasteiger partial charge in [0.1, 0.15) is 5.69 Å². The molecule has 4 rings (SSSR count). The topological polar surface area (TPSA) is 101 Å². The van der Waals surface area contributed by atoms with Gasteiger partial charge in [-0.05, 0) is 50.2 Å². The molecule has 1 N–H and O–H groups in total. The second kappa shape index (κ2) is 8.83. The third kappa shape index (κ3) is 4.82. The lowest BCUT2D eigenvalue weighted by atomic mass is 10.2. The second-order valence-corrected chi connectivity index (χ2v) is 10.1. The number of sulfonamides is 1. The predicted molar refractivity (Wildman–Crippen MR) is 119 cm³/mol. The molecule has 0 saturated carbocycles. The quantitative estimate of drug-likeness (QED) is 0.630. The fourth-order valence-corrected chi connectivity index (χ4v) is 5.68. The van der Waals surface area contributed by atoms with Gasteiger partial charge in [0.25, 0.3) is 5.91 Å². The standard InChI is InChI=1S/C21H22N4O4S2/c1-14-11-25(12-15(2)29-14)31(27,28)17-8-6-16(7-9-17)20(26)24-21-23-19(13-30-21)18-5-3-4-10-22-18/h3-10,13-15H,11-12H2,1-2H3,(H,23,24,26). The van der Waals surface area contributed by atoms with E-state index in [0.717, 1.165) is 5.69 Å². The van der Waals surface area contributed by atoms with E-state index in [9.17, 15) is 13.2 Å². The van der Waals surface area contributed by atoms with Gasteiger partial charge in [0.05, 0.1) is 22.8 Å². The van der Waals surface area contributed by atoms with Gasteiger partial charge in [0.2, 0.25) is 10.0 Å². The van der Waals surface area contributed by atoms with Gasteiger partial charge in [-0.1, -0.05) is 6.07 Å². The highest BCUT2D eigenvalue weighted by molar-refractivity contribution is 7.89. The van der Waals surface area contributed by atoms with Gasteiger partial charge in [0.15, 0.2) is 5.13 Å². The van der Waals surface area contributed by atoms with Crippen LogP contribution in [0, 0.1) is 0 Å². The summed E-state index contributed by atoms with van der Waals surface area (Å²) in [6.07, 6.45) is 1.34. The Kier molecular flexibility index (Phi) is 6.15. The molecule has 1 fully saturated rings. The number of nitrogens with zero attached hydrogens (tertiary/aromatic N) is 3. The van der Waals surface area contributed by atoms with Crippen molar-refractivity contribution in [2.75, 3.05) is 18.4 Å². The molecule has 3 aromatic rings. The lowest BCUT2D eigenvalue weighted by Crippen LogP contribution is -2.48. The molecule has 1 aliphatic heterocycles. The van der Waals surface area contributed by atoms with E-state index in [4.69, 9.17) is 4.74 Å². The predicted octanol–water partition coefficient (Wildman–Crippen LogP) is 3.26. The monoisotopic (exact) mass is 458 g/mol. The van der Waals surface area contributed by atoms with Gasteiger partial charge < -0.3 is 4.74 Å². The van der Waals surface area contributed by atoms with E-state index < -0.39 is 10.0 Å². The lowest BCUT2D eigenvalue weighted by Gasteiger charge is -2.34. The molecule has 10 heteroatoms. The average molecular weight is 459 g/mol. The number of hydrogen-bond acceptors (Lipinski definition) is 7. The highest BCUT2D eigenvalue weighted by atomic mass is 32.2. The summed E-state index contributed by atoms with van der Waals surface area (Å²) in [7, 11) is -3.65. The Hall–Kier alpha value is -2.66. The molecule has 1 amide bonds. The maximum absolute atomic E-state index is 12.9. The Morgan fingerprint density at radius 2 is 1.81 bits per heavy atom. The van der Waals surface area contributed by atoms with Crippen molar-refractivity contribution in [3.05, 3.63) is 59.6 Å². The lowest BCUT2D eigenvalue weighted by molar-refractivity contribution is -0.0440. The van der Waals surface area contributed by atoms with Crippen molar-refractivity contribution >= 4 is 32.4 Å². The first-order valence-electron chi connectivity index (χ1n) is 9.77. The van der Waals surface area contributed by atoms with Crippen molar-refractivity contribution in [1.29, 1.82) is 0 Å². The van der Waals surface area contributed by atoms with Crippen LogP contribution in [0.3, 0.4) is 0 Å². The number of carbonyl (C=O) groups excluding carboxylic acids is 1. The molecular formula is C21H22N4O4S2. The van der Waals surface area contributed by atoms with Crippen LogP contribution in [0.25, 0.3) is 11.4 Å². The first-order valence-corrected chi connectivity index (χ1v) is 12.1. The first kappa shape index (κ1) is 21.6. The number of hydrogen-bond donors (Lipinski definition) is 1. The summed E-state index contributed by atoms with van der Waals surface area (Å²) in [6.45, 7) is 4.31. The van der Waals surface area contributed by atoms with Crippen LogP contribution in [-0.2, 0) is 14.8 Å². The van der Waals surface area contributed by atoms with Crippen LogP contribution in [0.2, 0.25) is 0 Å². The van der Waals surface area contributed by atoms with Crippen molar-refractivity contribution in [3.63, 3.8) is 0 Å². The summed E-state index contributed by atoms with van der Waals surface area (Å²) in [4.78, 5) is 21.4. The minimum atomic E-state index is -3.65. The summed E-state index contributed by atoms with van der Waals surface area (Å²) >= 11 is 1.30. The Morgan fingerprint density at radius 1 is 1.10 bits per heavy atom. The molecule has 1 saturated heterocycles. The van der Waals surface area contributed by atoms with Crippen LogP contribution in [0.15, 0.2) is 58.9 Å². The van der Waals surface area contributed by atoms with E-state index in [1.165, 1.54) is 39.9 Å². The van der Waals surface area contributed by atoms with Gasteiger partial charge in [-0.3, -0.25) is 15.1 Å². The van der Waals surface area contributed by atoms with Gasteiger partial charge in [-0.2, -0.15) is 4.31 Å². The van der Waals surface area contributed by atoms with Gasteiger partial charge in [0, 0.05) is 30.2 Å². The van der Waals surface area contributed by atoms with Crippen molar-refractivity contribution in [3.8, 4) is 11.4 Å². The van der Waals surface area contributed by atoms with Crippen molar-refractivity contribution in [2.24, 2.45) is 0 Å². The van der Waals surface area contributed by atoms with Gasteiger partial charge >= 0.3 is 0 Å². The fraction of sp³-hybridized carbons (Fsp3) is 0.286. The van der Waals surface area contributed by atoms with E-state index in [1.54, 1.807) is 6.20 Å². The zero-order chi connectivity index (χ0) is 22.0. The molecule has 1 aromatic carbocycles.